The lowest BCUT2D eigenvalue weighted by Crippen LogP contribution is -2.10. The molecule has 190 valence electrons. The Hall–Kier alpha value is -5.11. The number of methoxy groups -OCH3 is 1. The van der Waals surface area contributed by atoms with Crippen LogP contribution >= 0.6 is 0 Å². The molecule has 1 amide bonds. The van der Waals surface area contributed by atoms with Gasteiger partial charge in [-0.15, -0.1) is 0 Å². The smallest absolute Gasteiger partial charge is 0.309 e. The summed E-state index contributed by atoms with van der Waals surface area (Å²) in [7, 11) is 1.60. The summed E-state index contributed by atoms with van der Waals surface area (Å²) in [6, 6.07) is 25.8. The SMILES string of the molecule is COc1cccc(-c2nn(-c3cccc(C)c3)c(OC(C)=O)c2-c2ccc(NC(=O)c3ccco3)cc2)c1. The van der Waals surface area contributed by atoms with Crippen LogP contribution < -0.4 is 14.8 Å². The molecule has 0 bridgehead atoms. The minimum Gasteiger partial charge on any atom is -0.497 e. The Balaban J connectivity index is 1.65. The molecule has 3 aromatic carbocycles. The molecule has 0 radical (unpaired) electrons. The first-order valence-electron chi connectivity index (χ1n) is 11.9. The lowest BCUT2D eigenvalue weighted by atomic mass is 10.0. The van der Waals surface area contributed by atoms with Crippen molar-refractivity contribution < 1.29 is 23.5 Å². The summed E-state index contributed by atoms with van der Waals surface area (Å²) in [5.41, 5.74) is 5.13. The van der Waals surface area contributed by atoms with Crippen molar-refractivity contribution in [1.82, 2.24) is 9.78 Å². The van der Waals surface area contributed by atoms with Gasteiger partial charge in [0.25, 0.3) is 5.91 Å². The van der Waals surface area contributed by atoms with Gasteiger partial charge in [0, 0.05) is 18.2 Å². The molecule has 0 unspecified atom stereocenters. The van der Waals surface area contributed by atoms with Crippen molar-refractivity contribution in [2.24, 2.45) is 0 Å². The van der Waals surface area contributed by atoms with E-state index in [0.29, 0.717) is 22.7 Å². The molecule has 0 saturated heterocycles. The third-order valence-electron chi connectivity index (χ3n) is 5.85. The first-order chi connectivity index (χ1) is 18.4. The minimum atomic E-state index is -0.473. The Morgan fingerprint density at radius 3 is 2.39 bits per heavy atom. The molecule has 5 rings (SSSR count). The van der Waals surface area contributed by atoms with Crippen LogP contribution in [0.5, 0.6) is 11.6 Å². The molecular formula is C30H25N3O5. The number of hydrogen-bond donors (Lipinski definition) is 1. The highest BCUT2D eigenvalue weighted by atomic mass is 16.5. The molecule has 0 aliphatic heterocycles. The maximum Gasteiger partial charge on any atom is 0.309 e. The quantitative estimate of drug-likeness (QED) is 0.260. The van der Waals surface area contributed by atoms with Crippen LogP contribution in [0.15, 0.2) is 95.6 Å². The molecule has 0 saturated carbocycles. The number of nitrogens with zero attached hydrogens (tertiary/aromatic N) is 2. The number of aromatic nitrogens is 2. The zero-order valence-electron chi connectivity index (χ0n) is 21.1. The van der Waals surface area contributed by atoms with Crippen molar-refractivity contribution in [3.63, 3.8) is 0 Å². The second-order valence-corrected chi connectivity index (χ2v) is 8.61. The number of rotatable bonds is 7. The van der Waals surface area contributed by atoms with E-state index in [1.807, 2.05) is 67.6 Å². The maximum absolute atomic E-state index is 12.4. The molecule has 5 aromatic rings. The standard InChI is InChI=1S/C30H25N3O5/c1-19-7-4-9-24(17-19)33-30(38-20(2)34)27(28(32-33)22-8-5-10-25(18-22)36-3)21-12-14-23(15-13-21)31-29(35)26-11-6-16-37-26/h4-18H,1-3H3,(H,31,35). The molecular weight excluding hydrogens is 482 g/mol. The third kappa shape index (κ3) is 5.05. The number of nitrogens with one attached hydrogen (secondary N) is 1. The van der Waals surface area contributed by atoms with E-state index in [2.05, 4.69) is 5.32 Å². The fraction of sp³-hybridized carbons (Fsp3) is 0.100. The van der Waals surface area contributed by atoms with Crippen LogP contribution in [0.2, 0.25) is 0 Å². The number of esters is 1. The van der Waals surface area contributed by atoms with E-state index in [9.17, 15) is 9.59 Å². The van der Waals surface area contributed by atoms with Crippen molar-refractivity contribution in [3.8, 4) is 39.7 Å². The van der Waals surface area contributed by atoms with Crippen molar-refractivity contribution >= 4 is 17.6 Å². The van der Waals surface area contributed by atoms with E-state index in [0.717, 1.165) is 22.4 Å². The third-order valence-corrected chi connectivity index (χ3v) is 5.85. The summed E-state index contributed by atoms with van der Waals surface area (Å²) in [6.07, 6.45) is 1.44. The Morgan fingerprint density at radius 1 is 0.921 bits per heavy atom. The molecule has 0 aliphatic carbocycles. The summed E-state index contributed by atoms with van der Waals surface area (Å²) in [5.74, 6) is 0.343. The van der Waals surface area contributed by atoms with Gasteiger partial charge in [0.05, 0.1) is 24.6 Å². The van der Waals surface area contributed by atoms with Crippen LogP contribution in [0.1, 0.15) is 23.0 Å². The average molecular weight is 508 g/mol. The number of aryl methyl sites for hydroxylation is 1. The topological polar surface area (TPSA) is 95.6 Å². The number of anilines is 1. The fourth-order valence-corrected chi connectivity index (χ4v) is 4.12. The van der Waals surface area contributed by atoms with Gasteiger partial charge in [0.15, 0.2) is 5.76 Å². The molecule has 38 heavy (non-hydrogen) atoms. The van der Waals surface area contributed by atoms with Gasteiger partial charge in [-0.05, 0) is 66.6 Å². The summed E-state index contributed by atoms with van der Waals surface area (Å²) in [5, 5.41) is 7.72. The Labute approximate surface area is 219 Å². The minimum absolute atomic E-state index is 0.214. The largest absolute Gasteiger partial charge is 0.497 e. The van der Waals surface area contributed by atoms with Crippen molar-refractivity contribution in [3.05, 3.63) is 103 Å². The highest BCUT2D eigenvalue weighted by molar-refractivity contribution is 6.02. The van der Waals surface area contributed by atoms with Crippen LogP contribution in [0, 0.1) is 6.92 Å². The summed E-state index contributed by atoms with van der Waals surface area (Å²) < 4.78 is 18.0. The molecule has 8 nitrogen and oxygen atoms in total. The van der Waals surface area contributed by atoms with Crippen LogP contribution in [-0.2, 0) is 4.79 Å². The number of hydrogen-bond acceptors (Lipinski definition) is 6. The number of furan rings is 1. The van der Waals surface area contributed by atoms with Gasteiger partial charge in [0.2, 0.25) is 5.88 Å². The number of carbonyl (C=O) groups is 2. The van der Waals surface area contributed by atoms with Gasteiger partial charge in [-0.1, -0.05) is 36.4 Å². The van der Waals surface area contributed by atoms with Gasteiger partial charge < -0.3 is 19.2 Å². The predicted molar refractivity (Wildman–Crippen MR) is 144 cm³/mol. The summed E-state index contributed by atoms with van der Waals surface area (Å²) >= 11 is 0. The van der Waals surface area contributed by atoms with Gasteiger partial charge in [-0.2, -0.15) is 9.78 Å². The first kappa shape index (κ1) is 24.6. The monoisotopic (exact) mass is 507 g/mol. The summed E-state index contributed by atoms with van der Waals surface area (Å²) in [4.78, 5) is 24.6. The van der Waals surface area contributed by atoms with Crippen LogP contribution in [0.25, 0.3) is 28.1 Å². The van der Waals surface area contributed by atoms with E-state index in [4.69, 9.17) is 19.0 Å². The Morgan fingerprint density at radius 2 is 1.71 bits per heavy atom. The number of amides is 1. The van der Waals surface area contributed by atoms with Gasteiger partial charge >= 0.3 is 5.97 Å². The fourth-order valence-electron chi connectivity index (χ4n) is 4.12. The lowest BCUT2D eigenvalue weighted by molar-refractivity contribution is -0.132. The van der Waals surface area contributed by atoms with Crippen LogP contribution in [0.3, 0.4) is 0 Å². The number of ether oxygens (including phenoxy) is 2. The maximum atomic E-state index is 12.4. The second kappa shape index (κ2) is 10.5. The highest BCUT2D eigenvalue weighted by Gasteiger charge is 2.25. The molecule has 0 aliphatic rings. The molecule has 2 heterocycles. The number of carbonyl (C=O) groups excluding carboxylic acids is 2. The molecule has 8 heteroatoms. The van der Waals surface area contributed by atoms with E-state index in [-0.39, 0.29) is 17.5 Å². The molecule has 1 N–H and O–H groups in total. The lowest BCUT2D eigenvalue weighted by Gasteiger charge is -2.11. The second-order valence-electron chi connectivity index (χ2n) is 8.61. The van der Waals surface area contributed by atoms with E-state index < -0.39 is 5.97 Å². The van der Waals surface area contributed by atoms with E-state index >= 15 is 0 Å². The molecule has 0 atom stereocenters. The van der Waals surface area contributed by atoms with Crippen molar-refractivity contribution in [1.29, 1.82) is 0 Å². The van der Waals surface area contributed by atoms with Crippen LogP contribution in [-0.4, -0.2) is 28.8 Å². The molecule has 0 spiro atoms. The predicted octanol–water partition coefficient (Wildman–Crippen LogP) is 6.29. The molecule has 2 aromatic heterocycles. The van der Waals surface area contributed by atoms with E-state index in [1.165, 1.54) is 13.2 Å². The van der Waals surface area contributed by atoms with E-state index in [1.54, 1.807) is 36.1 Å². The first-order valence-corrected chi connectivity index (χ1v) is 11.9. The van der Waals surface area contributed by atoms with Gasteiger partial charge in [-0.3, -0.25) is 9.59 Å². The number of benzene rings is 3. The average Bonchev–Trinajstić information content (AvgIpc) is 3.58. The molecule has 0 fully saturated rings. The van der Waals surface area contributed by atoms with Gasteiger partial charge in [0.1, 0.15) is 11.4 Å². The highest BCUT2D eigenvalue weighted by Crippen LogP contribution is 2.42. The Kier molecular flexibility index (Phi) is 6.78. The van der Waals surface area contributed by atoms with Crippen molar-refractivity contribution in [2.75, 3.05) is 12.4 Å². The van der Waals surface area contributed by atoms with Gasteiger partial charge in [-0.25, -0.2) is 0 Å². The zero-order valence-corrected chi connectivity index (χ0v) is 21.1. The summed E-state index contributed by atoms with van der Waals surface area (Å²) in [6.45, 7) is 3.34. The van der Waals surface area contributed by atoms with Crippen LogP contribution in [0.4, 0.5) is 5.69 Å². The normalized spacial score (nSPS) is 10.7. The van der Waals surface area contributed by atoms with Crippen molar-refractivity contribution in [2.45, 2.75) is 13.8 Å². The zero-order chi connectivity index (χ0) is 26.6. The Bertz CT molecular complexity index is 1600.